The van der Waals surface area contributed by atoms with Crippen molar-refractivity contribution in [1.29, 1.82) is 0 Å². The number of allylic oxidation sites excluding steroid dienone is 10. The lowest BCUT2D eigenvalue weighted by Gasteiger charge is -2.23. The van der Waals surface area contributed by atoms with Crippen LogP contribution in [0.5, 0.6) is 0 Å². The Hall–Kier alpha value is -3.97. The molecule has 3 atom stereocenters. The maximum Gasteiger partial charge on any atom is 0.144 e. The van der Waals surface area contributed by atoms with Crippen molar-refractivity contribution < 1.29 is 4.79 Å². The third-order valence-corrected chi connectivity index (χ3v) is 8.30. The molecule has 0 spiro atoms. The predicted octanol–water partition coefficient (Wildman–Crippen LogP) is 8.62. The molecule has 0 fully saturated rings. The van der Waals surface area contributed by atoms with E-state index in [1.807, 2.05) is 18.2 Å². The van der Waals surface area contributed by atoms with Gasteiger partial charge in [0.05, 0.1) is 0 Å². The third-order valence-electron chi connectivity index (χ3n) is 8.30. The predicted molar refractivity (Wildman–Crippen MR) is 158 cm³/mol. The minimum absolute atomic E-state index is 0.120. The van der Waals surface area contributed by atoms with Crippen LogP contribution >= 0.6 is 0 Å². The summed E-state index contributed by atoms with van der Waals surface area (Å²) in [6.07, 6.45) is 17.1. The van der Waals surface area contributed by atoms with Crippen LogP contribution in [-0.4, -0.2) is 5.78 Å². The average Bonchev–Trinajstić information content (AvgIpc) is 3.74. The Morgan fingerprint density at radius 3 is 2.21 bits per heavy atom. The monoisotopic (exact) mass is 494 g/mol. The third kappa shape index (κ3) is 4.94. The first-order valence-corrected chi connectivity index (χ1v) is 13.9. The molecule has 3 aromatic rings. The topological polar surface area (TPSA) is 17.1 Å². The summed E-state index contributed by atoms with van der Waals surface area (Å²) in [6, 6.07) is 29.9. The van der Waals surface area contributed by atoms with Gasteiger partial charge in [0, 0.05) is 24.2 Å². The van der Waals surface area contributed by atoms with Gasteiger partial charge in [-0.1, -0.05) is 128 Å². The highest BCUT2D eigenvalue weighted by Crippen LogP contribution is 2.49. The van der Waals surface area contributed by atoms with E-state index in [4.69, 9.17) is 0 Å². The van der Waals surface area contributed by atoms with Crippen LogP contribution < -0.4 is 0 Å². The number of ketones is 1. The van der Waals surface area contributed by atoms with Gasteiger partial charge in [-0.15, -0.1) is 0 Å². The van der Waals surface area contributed by atoms with Crippen molar-refractivity contribution in [2.45, 2.75) is 38.5 Å². The molecule has 0 aliphatic heterocycles. The maximum absolute atomic E-state index is 13.9. The molecule has 0 heterocycles. The van der Waals surface area contributed by atoms with E-state index in [1.54, 1.807) is 0 Å². The molecule has 6 rings (SSSR count). The highest BCUT2D eigenvalue weighted by molar-refractivity contribution is 5.90. The summed E-state index contributed by atoms with van der Waals surface area (Å²) in [4.78, 5) is 13.9. The van der Waals surface area contributed by atoms with Crippen LogP contribution in [0.25, 0.3) is 5.57 Å². The summed E-state index contributed by atoms with van der Waals surface area (Å²) in [5.41, 5.74) is 10.3. The number of benzene rings is 3. The molecule has 0 N–H and O–H groups in total. The van der Waals surface area contributed by atoms with Crippen molar-refractivity contribution >= 4 is 11.4 Å². The van der Waals surface area contributed by atoms with Crippen molar-refractivity contribution in [3.8, 4) is 0 Å². The zero-order valence-corrected chi connectivity index (χ0v) is 22.0. The molecule has 188 valence electrons. The minimum Gasteiger partial charge on any atom is -0.299 e. The lowest BCUT2D eigenvalue weighted by molar-refractivity contribution is -0.121. The van der Waals surface area contributed by atoms with Gasteiger partial charge in [-0.25, -0.2) is 0 Å². The Morgan fingerprint density at radius 2 is 1.53 bits per heavy atom. The van der Waals surface area contributed by atoms with Crippen molar-refractivity contribution in [2.75, 3.05) is 0 Å². The summed E-state index contributed by atoms with van der Waals surface area (Å²) in [6.45, 7) is 2.20. The zero-order valence-electron chi connectivity index (χ0n) is 22.0. The van der Waals surface area contributed by atoms with Gasteiger partial charge in [-0.2, -0.15) is 0 Å². The number of Topliss-reactive ketones (excluding diaryl/α,β-unsaturated/α-hetero) is 1. The quantitative estimate of drug-likeness (QED) is 0.306. The number of aryl methyl sites for hydroxylation is 1. The van der Waals surface area contributed by atoms with E-state index in [0.717, 1.165) is 24.8 Å². The minimum atomic E-state index is -0.120. The summed E-state index contributed by atoms with van der Waals surface area (Å²) < 4.78 is 0. The number of rotatable bonds is 8. The van der Waals surface area contributed by atoms with Gasteiger partial charge in [-0.3, -0.25) is 4.79 Å². The molecule has 3 unspecified atom stereocenters. The Balaban J connectivity index is 1.39. The van der Waals surface area contributed by atoms with Crippen LogP contribution in [0, 0.1) is 11.8 Å². The molecule has 0 amide bonds. The van der Waals surface area contributed by atoms with Gasteiger partial charge in [-0.05, 0) is 63.8 Å². The van der Waals surface area contributed by atoms with E-state index in [2.05, 4.69) is 110 Å². The first-order valence-electron chi connectivity index (χ1n) is 13.9. The van der Waals surface area contributed by atoms with Crippen molar-refractivity contribution in [3.05, 3.63) is 160 Å². The van der Waals surface area contributed by atoms with E-state index in [-0.39, 0.29) is 17.8 Å². The molecule has 38 heavy (non-hydrogen) atoms. The SMILES string of the molecule is CCc1ccc(C2=CC(c3ccccc3)C=C2C2CC(C3=CC=CC3)=CC2C(=O)Cc2ccccc2)cc1. The van der Waals surface area contributed by atoms with Gasteiger partial charge < -0.3 is 0 Å². The average molecular weight is 495 g/mol. The van der Waals surface area contributed by atoms with Crippen LogP contribution in [0.4, 0.5) is 0 Å². The van der Waals surface area contributed by atoms with Gasteiger partial charge >= 0.3 is 0 Å². The molecule has 3 aromatic carbocycles. The van der Waals surface area contributed by atoms with Crippen molar-refractivity contribution in [1.82, 2.24) is 0 Å². The number of carbonyl (C=O) groups excluding carboxylic acids is 1. The summed E-state index contributed by atoms with van der Waals surface area (Å²) in [5.74, 6) is 0.556. The van der Waals surface area contributed by atoms with Crippen molar-refractivity contribution in [2.24, 2.45) is 11.8 Å². The van der Waals surface area contributed by atoms with E-state index in [1.165, 1.54) is 39.0 Å². The smallest absolute Gasteiger partial charge is 0.144 e. The van der Waals surface area contributed by atoms with Gasteiger partial charge in [0.2, 0.25) is 0 Å². The van der Waals surface area contributed by atoms with Crippen LogP contribution in [0.15, 0.2) is 138 Å². The molecular weight excluding hydrogens is 460 g/mol. The van der Waals surface area contributed by atoms with E-state index >= 15 is 0 Å². The summed E-state index contributed by atoms with van der Waals surface area (Å²) in [5, 5.41) is 0. The maximum atomic E-state index is 13.9. The van der Waals surface area contributed by atoms with E-state index in [0.29, 0.717) is 12.2 Å². The molecule has 0 aromatic heterocycles. The van der Waals surface area contributed by atoms with Crippen LogP contribution in [0.2, 0.25) is 0 Å². The fourth-order valence-electron chi connectivity index (χ4n) is 6.21. The molecular formula is C37H34O. The number of carbonyl (C=O) groups is 1. The summed E-state index contributed by atoms with van der Waals surface area (Å²) >= 11 is 0. The van der Waals surface area contributed by atoms with Gasteiger partial charge in [0.15, 0.2) is 0 Å². The van der Waals surface area contributed by atoms with Crippen molar-refractivity contribution in [3.63, 3.8) is 0 Å². The Bertz CT molecular complexity index is 1460. The van der Waals surface area contributed by atoms with Gasteiger partial charge in [0.1, 0.15) is 5.78 Å². The number of hydrogen-bond acceptors (Lipinski definition) is 1. The molecule has 1 heteroatoms. The highest BCUT2D eigenvalue weighted by Gasteiger charge is 2.38. The van der Waals surface area contributed by atoms with Crippen LogP contribution in [0.3, 0.4) is 0 Å². The Labute approximate surface area is 226 Å². The first kappa shape index (κ1) is 24.4. The second kappa shape index (κ2) is 10.8. The fraction of sp³-hybridized carbons (Fsp3) is 0.216. The molecule has 0 radical (unpaired) electrons. The summed E-state index contributed by atoms with van der Waals surface area (Å²) in [7, 11) is 0. The second-order valence-electron chi connectivity index (χ2n) is 10.7. The molecule has 3 aliphatic rings. The second-order valence-corrected chi connectivity index (χ2v) is 10.7. The van der Waals surface area contributed by atoms with Gasteiger partial charge in [0.25, 0.3) is 0 Å². The van der Waals surface area contributed by atoms with Crippen LogP contribution in [-0.2, 0) is 17.6 Å². The molecule has 1 nitrogen and oxygen atoms in total. The molecule has 3 aliphatic carbocycles. The zero-order chi connectivity index (χ0) is 25.9. The molecule has 0 bridgehead atoms. The number of hydrogen-bond donors (Lipinski definition) is 0. The van der Waals surface area contributed by atoms with Crippen LogP contribution in [0.1, 0.15) is 47.9 Å². The standard InChI is InChI=1S/C37H34O/c1-2-26-17-19-30(20-18-26)33-22-31(28-13-7-4-8-14-28)23-34(33)35-24-32(29-15-9-10-16-29)25-36(35)37(38)21-27-11-5-3-6-12-27/h3-15,17-20,22-23,25,31,35-36H,2,16,21,24H2,1H3. The lowest BCUT2D eigenvalue weighted by atomic mass is 9.79. The Kier molecular flexibility index (Phi) is 6.92. The van der Waals surface area contributed by atoms with E-state index < -0.39 is 0 Å². The lowest BCUT2D eigenvalue weighted by Crippen LogP contribution is -2.22. The Morgan fingerprint density at radius 1 is 0.789 bits per heavy atom. The highest BCUT2D eigenvalue weighted by atomic mass is 16.1. The normalized spacial score (nSPS) is 22.2. The first-order chi connectivity index (χ1) is 18.7. The fourth-order valence-corrected chi connectivity index (χ4v) is 6.21. The molecule has 0 saturated carbocycles. The largest absolute Gasteiger partial charge is 0.299 e. The molecule has 0 saturated heterocycles. The van der Waals surface area contributed by atoms with E-state index in [9.17, 15) is 4.79 Å².